The van der Waals surface area contributed by atoms with Crippen LogP contribution in [0.3, 0.4) is 0 Å². The largest absolute Gasteiger partial charge is 0.514 e. The van der Waals surface area contributed by atoms with Gasteiger partial charge in [-0.1, -0.05) is 30.3 Å². The van der Waals surface area contributed by atoms with Gasteiger partial charge in [0.2, 0.25) is 0 Å². The zero-order chi connectivity index (χ0) is 14.4. The summed E-state index contributed by atoms with van der Waals surface area (Å²) in [4.78, 5) is 22.6. The number of rotatable bonds is 4. The maximum atomic E-state index is 11.5. The van der Waals surface area contributed by atoms with Gasteiger partial charge in [-0.05, 0) is 36.8 Å². The van der Waals surface area contributed by atoms with E-state index in [0.717, 1.165) is 5.56 Å². The molecule has 2 aromatic carbocycles. The molecule has 0 heterocycles. The minimum Gasteiger partial charge on any atom is -0.429 e. The summed E-state index contributed by atoms with van der Waals surface area (Å²) in [5.41, 5.74) is 1.45. The van der Waals surface area contributed by atoms with E-state index in [-0.39, 0.29) is 12.4 Å². The third-order valence-electron chi connectivity index (χ3n) is 2.66. The smallest absolute Gasteiger partial charge is 0.429 e. The molecule has 0 saturated heterocycles. The van der Waals surface area contributed by atoms with Gasteiger partial charge in [0, 0.05) is 5.56 Å². The highest BCUT2D eigenvalue weighted by Crippen LogP contribution is 2.13. The van der Waals surface area contributed by atoms with E-state index < -0.39 is 6.16 Å². The number of hydrogen-bond donors (Lipinski definition) is 0. The molecule has 0 aliphatic heterocycles. The van der Waals surface area contributed by atoms with Crippen LogP contribution in [-0.4, -0.2) is 11.9 Å². The van der Waals surface area contributed by atoms with E-state index in [4.69, 9.17) is 9.47 Å². The van der Waals surface area contributed by atoms with E-state index in [9.17, 15) is 9.59 Å². The van der Waals surface area contributed by atoms with E-state index in [0.29, 0.717) is 11.3 Å². The van der Waals surface area contributed by atoms with E-state index in [1.54, 1.807) is 24.3 Å². The molecule has 0 N–H and O–H groups in total. The van der Waals surface area contributed by atoms with Crippen LogP contribution in [0.4, 0.5) is 4.79 Å². The van der Waals surface area contributed by atoms with Crippen LogP contribution in [0.1, 0.15) is 22.8 Å². The lowest BCUT2D eigenvalue weighted by Gasteiger charge is -2.06. The van der Waals surface area contributed by atoms with Gasteiger partial charge in [-0.3, -0.25) is 4.79 Å². The molecule has 0 aliphatic rings. The van der Waals surface area contributed by atoms with Crippen molar-refractivity contribution >= 4 is 11.9 Å². The van der Waals surface area contributed by atoms with Gasteiger partial charge in [0.15, 0.2) is 5.78 Å². The monoisotopic (exact) mass is 270 g/mol. The fraction of sp³-hybridized carbons (Fsp3) is 0.125. The first-order valence-electron chi connectivity index (χ1n) is 6.14. The fourth-order valence-corrected chi connectivity index (χ4v) is 1.60. The standard InChI is InChI=1S/C16H14O4/c1-12(17)14-7-9-15(10-8-14)20-16(18)19-11-13-5-3-2-4-6-13/h2-10H,11H2,1H3. The van der Waals surface area contributed by atoms with Crippen LogP contribution < -0.4 is 4.74 Å². The molecule has 0 aliphatic carbocycles. The maximum Gasteiger partial charge on any atom is 0.514 e. The molecule has 0 aromatic heterocycles. The molecule has 0 atom stereocenters. The molecule has 0 unspecified atom stereocenters. The third-order valence-corrected chi connectivity index (χ3v) is 2.66. The second-order valence-electron chi connectivity index (χ2n) is 4.21. The first-order chi connectivity index (χ1) is 9.65. The van der Waals surface area contributed by atoms with Crippen LogP contribution in [0.15, 0.2) is 54.6 Å². The van der Waals surface area contributed by atoms with Crippen LogP contribution in [0.5, 0.6) is 5.75 Å². The number of ketones is 1. The molecule has 4 heteroatoms. The predicted octanol–water partition coefficient (Wildman–Crippen LogP) is 3.60. The van der Waals surface area contributed by atoms with Crippen molar-refractivity contribution in [1.29, 1.82) is 0 Å². The first kappa shape index (κ1) is 13.8. The van der Waals surface area contributed by atoms with Gasteiger partial charge >= 0.3 is 6.16 Å². The number of Topliss-reactive ketones (excluding diaryl/α,β-unsaturated/α-hetero) is 1. The molecule has 0 saturated carbocycles. The minimum atomic E-state index is -0.774. The van der Waals surface area contributed by atoms with Crippen molar-refractivity contribution in [2.75, 3.05) is 0 Å². The highest BCUT2D eigenvalue weighted by atomic mass is 16.7. The second kappa shape index (κ2) is 6.52. The normalized spacial score (nSPS) is 9.85. The Morgan fingerprint density at radius 2 is 1.60 bits per heavy atom. The fourth-order valence-electron chi connectivity index (χ4n) is 1.60. The maximum absolute atomic E-state index is 11.5. The Kier molecular flexibility index (Phi) is 4.50. The lowest BCUT2D eigenvalue weighted by Crippen LogP contribution is -2.10. The summed E-state index contributed by atoms with van der Waals surface area (Å²) in [6.07, 6.45) is -0.774. The Labute approximate surface area is 116 Å². The summed E-state index contributed by atoms with van der Waals surface area (Å²) in [5, 5.41) is 0. The lowest BCUT2D eigenvalue weighted by atomic mass is 10.1. The van der Waals surface area contributed by atoms with Crippen molar-refractivity contribution in [3.8, 4) is 5.75 Å². The minimum absolute atomic E-state index is 0.0387. The average molecular weight is 270 g/mol. The van der Waals surface area contributed by atoms with Crippen molar-refractivity contribution in [1.82, 2.24) is 0 Å². The number of hydrogen-bond acceptors (Lipinski definition) is 4. The van der Waals surface area contributed by atoms with E-state index in [1.807, 2.05) is 30.3 Å². The molecule has 2 rings (SSSR count). The summed E-state index contributed by atoms with van der Waals surface area (Å²) in [5.74, 6) is 0.302. The van der Waals surface area contributed by atoms with Gasteiger partial charge in [0.1, 0.15) is 12.4 Å². The molecule has 0 amide bonds. The molecule has 20 heavy (non-hydrogen) atoms. The topological polar surface area (TPSA) is 52.6 Å². The number of benzene rings is 2. The van der Waals surface area contributed by atoms with Gasteiger partial charge in [-0.25, -0.2) is 4.79 Å². The zero-order valence-corrected chi connectivity index (χ0v) is 11.0. The Morgan fingerprint density at radius 1 is 0.950 bits per heavy atom. The zero-order valence-electron chi connectivity index (χ0n) is 11.0. The van der Waals surface area contributed by atoms with Crippen LogP contribution in [0, 0.1) is 0 Å². The molecule has 0 bridgehead atoms. The van der Waals surface area contributed by atoms with Crippen molar-refractivity contribution in [3.05, 3.63) is 65.7 Å². The van der Waals surface area contributed by atoms with Crippen LogP contribution in [0.2, 0.25) is 0 Å². The number of ether oxygens (including phenoxy) is 2. The SMILES string of the molecule is CC(=O)c1ccc(OC(=O)OCc2ccccc2)cc1. The summed E-state index contributed by atoms with van der Waals surface area (Å²) < 4.78 is 9.98. The van der Waals surface area contributed by atoms with Crippen LogP contribution >= 0.6 is 0 Å². The second-order valence-corrected chi connectivity index (χ2v) is 4.21. The van der Waals surface area contributed by atoms with E-state index in [2.05, 4.69) is 0 Å². The summed E-state index contributed by atoms with van der Waals surface area (Å²) in [7, 11) is 0. The Hall–Kier alpha value is -2.62. The highest BCUT2D eigenvalue weighted by molar-refractivity contribution is 5.94. The van der Waals surface area contributed by atoms with Gasteiger partial charge in [0.25, 0.3) is 0 Å². The molecular formula is C16H14O4. The van der Waals surface area contributed by atoms with Crippen molar-refractivity contribution in [2.24, 2.45) is 0 Å². The van der Waals surface area contributed by atoms with Gasteiger partial charge in [-0.2, -0.15) is 0 Å². The number of carbonyl (C=O) groups is 2. The van der Waals surface area contributed by atoms with Gasteiger partial charge < -0.3 is 9.47 Å². The molecular weight excluding hydrogens is 256 g/mol. The summed E-state index contributed by atoms with van der Waals surface area (Å²) >= 11 is 0. The average Bonchev–Trinajstić information content (AvgIpc) is 2.47. The van der Waals surface area contributed by atoms with E-state index in [1.165, 1.54) is 6.92 Å². The lowest BCUT2D eigenvalue weighted by molar-refractivity contribution is 0.0928. The van der Waals surface area contributed by atoms with Crippen LogP contribution in [0.25, 0.3) is 0 Å². The van der Waals surface area contributed by atoms with Gasteiger partial charge in [0.05, 0.1) is 0 Å². The third kappa shape index (κ3) is 3.95. The van der Waals surface area contributed by atoms with E-state index >= 15 is 0 Å². The molecule has 2 aromatic rings. The Bertz CT molecular complexity index is 588. The first-order valence-corrected chi connectivity index (χ1v) is 6.14. The quantitative estimate of drug-likeness (QED) is 0.484. The summed E-state index contributed by atoms with van der Waals surface area (Å²) in [6, 6.07) is 15.6. The highest BCUT2D eigenvalue weighted by Gasteiger charge is 2.07. The molecule has 4 nitrogen and oxygen atoms in total. The molecule has 102 valence electrons. The van der Waals surface area contributed by atoms with Crippen molar-refractivity contribution in [3.63, 3.8) is 0 Å². The van der Waals surface area contributed by atoms with Gasteiger partial charge in [-0.15, -0.1) is 0 Å². The Morgan fingerprint density at radius 3 is 2.20 bits per heavy atom. The summed E-state index contributed by atoms with van der Waals surface area (Å²) in [6.45, 7) is 1.63. The predicted molar refractivity (Wildman–Crippen MR) is 73.7 cm³/mol. The van der Waals surface area contributed by atoms with Crippen molar-refractivity contribution < 1.29 is 19.1 Å². The molecule has 0 radical (unpaired) electrons. The number of carbonyl (C=O) groups excluding carboxylic acids is 2. The van der Waals surface area contributed by atoms with Crippen LogP contribution in [-0.2, 0) is 11.3 Å². The van der Waals surface area contributed by atoms with Crippen molar-refractivity contribution in [2.45, 2.75) is 13.5 Å². The Balaban J connectivity index is 1.86. The molecule has 0 spiro atoms. The molecule has 0 fully saturated rings.